The topological polar surface area (TPSA) is 129 Å². The number of nitrogens with zero attached hydrogens (tertiary/aromatic N) is 4. The summed E-state index contributed by atoms with van der Waals surface area (Å²) < 4.78 is 33.0. The lowest BCUT2D eigenvalue weighted by Gasteiger charge is -2.34. The average molecular weight is 466 g/mol. The van der Waals surface area contributed by atoms with E-state index in [0.717, 1.165) is 6.42 Å². The summed E-state index contributed by atoms with van der Waals surface area (Å²) in [6.07, 6.45) is 1.01. The van der Waals surface area contributed by atoms with Gasteiger partial charge in [-0.1, -0.05) is 25.0 Å². The van der Waals surface area contributed by atoms with Crippen LogP contribution in [-0.2, 0) is 10.0 Å². The van der Waals surface area contributed by atoms with Crippen molar-refractivity contribution in [1.82, 2.24) is 14.5 Å². The van der Waals surface area contributed by atoms with E-state index in [0.29, 0.717) is 36.1 Å². The molecule has 1 aliphatic rings. The summed E-state index contributed by atoms with van der Waals surface area (Å²) in [7, 11) is -3.62. The van der Waals surface area contributed by atoms with Gasteiger partial charge in [0.2, 0.25) is 15.9 Å². The minimum absolute atomic E-state index is 0.106. The largest absolute Gasteiger partial charge is 0.403 e. The SMILES string of the molecule is C[C@@H]1C[C@H](C)CN(S(=O)(=O)c2ccc(C(=O)Nc3nnc(-c4cccc(C#N)c4)o3)cc2)C1. The molecular weight excluding hydrogens is 442 g/mol. The third-order valence-electron chi connectivity index (χ3n) is 5.47. The molecule has 0 spiro atoms. The fourth-order valence-electron chi connectivity index (χ4n) is 4.01. The molecule has 0 saturated carbocycles. The van der Waals surface area contributed by atoms with Crippen molar-refractivity contribution >= 4 is 21.9 Å². The summed E-state index contributed by atoms with van der Waals surface area (Å²) in [4.78, 5) is 12.7. The number of hydrogen-bond acceptors (Lipinski definition) is 7. The van der Waals surface area contributed by atoms with Gasteiger partial charge in [0.25, 0.3) is 5.91 Å². The first kappa shape index (κ1) is 22.6. The molecule has 33 heavy (non-hydrogen) atoms. The second-order valence-electron chi connectivity index (χ2n) is 8.35. The van der Waals surface area contributed by atoms with E-state index < -0.39 is 15.9 Å². The Balaban J connectivity index is 1.46. The maximum absolute atomic E-state index is 13.0. The van der Waals surface area contributed by atoms with Crippen molar-refractivity contribution in [3.8, 4) is 17.5 Å². The molecular formula is C23H23N5O4S. The van der Waals surface area contributed by atoms with Crippen molar-refractivity contribution in [3.05, 3.63) is 59.7 Å². The normalized spacial score (nSPS) is 19.1. The first-order valence-electron chi connectivity index (χ1n) is 10.5. The summed E-state index contributed by atoms with van der Waals surface area (Å²) in [6.45, 7) is 5.08. The van der Waals surface area contributed by atoms with Crippen LogP contribution in [0.5, 0.6) is 0 Å². The molecule has 10 heteroatoms. The molecule has 1 aromatic heterocycles. The van der Waals surface area contributed by atoms with Gasteiger partial charge in [-0.05, 0) is 60.7 Å². The zero-order valence-electron chi connectivity index (χ0n) is 18.2. The number of nitriles is 1. The van der Waals surface area contributed by atoms with Gasteiger partial charge in [0, 0.05) is 24.2 Å². The first-order chi connectivity index (χ1) is 15.8. The van der Waals surface area contributed by atoms with Gasteiger partial charge in [0.15, 0.2) is 0 Å². The van der Waals surface area contributed by atoms with Crippen LogP contribution in [0.25, 0.3) is 11.5 Å². The Hall–Kier alpha value is -3.55. The van der Waals surface area contributed by atoms with Gasteiger partial charge in [-0.25, -0.2) is 8.42 Å². The molecule has 170 valence electrons. The van der Waals surface area contributed by atoms with Crippen molar-refractivity contribution in [3.63, 3.8) is 0 Å². The Labute approximate surface area is 192 Å². The number of piperidine rings is 1. The number of benzene rings is 2. The van der Waals surface area contributed by atoms with Crippen LogP contribution in [0.15, 0.2) is 57.8 Å². The molecule has 1 amide bonds. The zero-order chi connectivity index (χ0) is 23.6. The number of carbonyl (C=O) groups excluding carboxylic acids is 1. The molecule has 2 atom stereocenters. The quantitative estimate of drug-likeness (QED) is 0.610. The van der Waals surface area contributed by atoms with Crippen LogP contribution in [0.4, 0.5) is 6.01 Å². The average Bonchev–Trinajstić information content (AvgIpc) is 3.27. The number of nitrogens with one attached hydrogen (secondary N) is 1. The molecule has 9 nitrogen and oxygen atoms in total. The first-order valence-corrected chi connectivity index (χ1v) is 12.0. The monoisotopic (exact) mass is 465 g/mol. The van der Waals surface area contributed by atoms with Crippen LogP contribution >= 0.6 is 0 Å². The van der Waals surface area contributed by atoms with Gasteiger partial charge in [0.05, 0.1) is 16.5 Å². The highest BCUT2D eigenvalue weighted by molar-refractivity contribution is 7.89. The van der Waals surface area contributed by atoms with Crippen LogP contribution in [-0.4, -0.2) is 41.9 Å². The molecule has 1 saturated heterocycles. The third-order valence-corrected chi connectivity index (χ3v) is 7.32. The molecule has 0 aliphatic carbocycles. The smallest absolute Gasteiger partial charge is 0.322 e. The fraction of sp³-hybridized carbons (Fsp3) is 0.304. The Morgan fingerprint density at radius 2 is 1.82 bits per heavy atom. The van der Waals surface area contributed by atoms with Crippen molar-refractivity contribution in [2.45, 2.75) is 25.2 Å². The molecule has 0 radical (unpaired) electrons. The minimum atomic E-state index is -3.62. The van der Waals surface area contributed by atoms with Gasteiger partial charge < -0.3 is 4.42 Å². The van der Waals surface area contributed by atoms with Crippen molar-refractivity contribution in [2.24, 2.45) is 11.8 Å². The number of aromatic nitrogens is 2. The van der Waals surface area contributed by atoms with E-state index >= 15 is 0 Å². The van der Waals surface area contributed by atoms with Crippen LogP contribution < -0.4 is 5.32 Å². The van der Waals surface area contributed by atoms with Crippen LogP contribution in [0, 0.1) is 23.2 Å². The lowest BCUT2D eigenvalue weighted by Crippen LogP contribution is -2.42. The molecule has 2 aromatic carbocycles. The predicted octanol–water partition coefficient (Wildman–Crippen LogP) is 3.53. The summed E-state index contributed by atoms with van der Waals surface area (Å²) >= 11 is 0. The highest BCUT2D eigenvalue weighted by Crippen LogP contribution is 2.27. The van der Waals surface area contributed by atoms with Gasteiger partial charge in [-0.2, -0.15) is 9.57 Å². The van der Waals surface area contributed by atoms with E-state index in [4.69, 9.17) is 9.68 Å². The summed E-state index contributed by atoms with van der Waals surface area (Å²) in [6, 6.07) is 14.3. The van der Waals surface area contributed by atoms with E-state index in [1.807, 2.05) is 6.07 Å². The Morgan fingerprint density at radius 3 is 2.48 bits per heavy atom. The standard InChI is InChI=1S/C23H23N5O4S/c1-15-10-16(2)14-28(13-15)33(30,31)20-8-6-18(7-9-20)21(29)25-23-27-26-22(32-23)19-5-3-4-17(11-19)12-24/h3-9,11,15-16H,10,13-14H2,1-2H3,(H,25,27,29)/t15-,16+. The lowest BCUT2D eigenvalue weighted by atomic mass is 9.94. The van der Waals surface area contributed by atoms with Gasteiger partial charge in [-0.15, -0.1) is 5.10 Å². The highest BCUT2D eigenvalue weighted by atomic mass is 32.2. The van der Waals surface area contributed by atoms with Gasteiger partial charge in [-0.3, -0.25) is 10.1 Å². The lowest BCUT2D eigenvalue weighted by molar-refractivity contribution is 0.102. The molecule has 0 bridgehead atoms. The number of amides is 1. The number of carbonyl (C=O) groups is 1. The van der Waals surface area contributed by atoms with Gasteiger partial charge >= 0.3 is 6.01 Å². The highest BCUT2D eigenvalue weighted by Gasteiger charge is 2.31. The molecule has 3 aromatic rings. The second kappa shape index (κ2) is 9.13. The van der Waals surface area contributed by atoms with E-state index in [1.165, 1.54) is 28.6 Å². The maximum atomic E-state index is 13.0. The summed E-state index contributed by atoms with van der Waals surface area (Å²) in [5, 5.41) is 19.2. The van der Waals surface area contributed by atoms with Crippen molar-refractivity contribution in [2.75, 3.05) is 18.4 Å². The summed E-state index contributed by atoms with van der Waals surface area (Å²) in [5.41, 5.74) is 1.25. The predicted molar refractivity (Wildman–Crippen MR) is 121 cm³/mol. The number of rotatable bonds is 5. The molecule has 0 unspecified atom stereocenters. The Kier molecular flexibility index (Phi) is 6.26. The number of hydrogen-bond donors (Lipinski definition) is 1. The molecule has 2 heterocycles. The number of anilines is 1. The van der Waals surface area contributed by atoms with E-state index in [1.54, 1.807) is 24.3 Å². The van der Waals surface area contributed by atoms with Crippen LogP contribution in [0.3, 0.4) is 0 Å². The van der Waals surface area contributed by atoms with Gasteiger partial charge in [0.1, 0.15) is 0 Å². The maximum Gasteiger partial charge on any atom is 0.322 e. The second-order valence-corrected chi connectivity index (χ2v) is 10.3. The van der Waals surface area contributed by atoms with Crippen molar-refractivity contribution < 1.29 is 17.6 Å². The fourth-order valence-corrected chi connectivity index (χ4v) is 5.69. The number of sulfonamides is 1. The van der Waals surface area contributed by atoms with E-state index in [9.17, 15) is 13.2 Å². The molecule has 1 N–H and O–H groups in total. The molecule has 4 rings (SSSR count). The zero-order valence-corrected chi connectivity index (χ0v) is 19.0. The Bertz CT molecular complexity index is 1300. The Morgan fingerprint density at radius 1 is 1.12 bits per heavy atom. The van der Waals surface area contributed by atoms with E-state index in [-0.39, 0.29) is 22.4 Å². The van der Waals surface area contributed by atoms with E-state index in [2.05, 4.69) is 29.4 Å². The molecule has 1 fully saturated rings. The van der Waals surface area contributed by atoms with Crippen LogP contribution in [0.2, 0.25) is 0 Å². The minimum Gasteiger partial charge on any atom is -0.403 e. The summed E-state index contributed by atoms with van der Waals surface area (Å²) in [5.74, 6) is 0.250. The molecule has 1 aliphatic heterocycles. The van der Waals surface area contributed by atoms with Crippen molar-refractivity contribution in [1.29, 1.82) is 5.26 Å². The third kappa shape index (κ3) is 4.94. The van der Waals surface area contributed by atoms with Crippen LogP contribution in [0.1, 0.15) is 36.2 Å².